The number of aromatic hydroxyl groups is 1. The monoisotopic (exact) mass is 394 g/mol. The molecule has 0 bridgehead atoms. The van der Waals surface area contributed by atoms with Gasteiger partial charge in [0.15, 0.2) is 5.75 Å². The number of benzene rings is 1. The molecule has 0 spiro atoms. The number of carboxylic acid groups (broad SMARTS) is 1. The van der Waals surface area contributed by atoms with Gasteiger partial charge in [0.05, 0.1) is 6.61 Å². The van der Waals surface area contributed by atoms with Gasteiger partial charge in [-0.1, -0.05) is 72.6 Å². The van der Waals surface area contributed by atoms with Gasteiger partial charge in [-0.05, 0) is 36.8 Å². The van der Waals surface area contributed by atoms with Crippen LogP contribution < -0.4 is 4.89 Å². The molecule has 1 rings (SSSR count). The standard InChI is InChI=1S/C23H38O5/c1-5-9-10-11-12-16-27-28-22-19(15-8-4)17(13-6-2)18(14-7-3)20(21(22)24)23(25)26/h24H,5-16H2,1-4H3,(H,25,26). The molecule has 160 valence electrons. The van der Waals surface area contributed by atoms with Crippen LogP contribution in [0, 0.1) is 0 Å². The first-order valence-electron chi connectivity index (χ1n) is 10.9. The number of carbonyl (C=O) groups is 1. The van der Waals surface area contributed by atoms with E-state index in [4.69, 9.17) is 9.78 Å². The summed E-state index contributed by atoms with van der Waals surface area (Å²) < 4.78 is 0. The first-order valence-corrected chi connectivity index (χ1v) is 10.9. The smallest absolute Gasteiger partial charge is 0.339 e. The molecule has 0 aliphatic rings. The second kappa shape index (κ2) is 13.4. The molecule has 0 unspecified atom stereocenters. The van der Waals surface area contributed by atoms with Crippen LogP contribution in [0.4, 0.5) is 0 Å². The van der Waals surface area contributed by atoms with Gasteiger partial charge >= 0.3 is 5.97 Å². The van der Waals surface area contributed by atoms with Crippen molar-refractivity contribution in [2.24, 2.45) is 0 Å². The van der Waals surface area contributed by atoms with Crippen LogP contribution in [0.3, 0.4) is 0 Å². The molecule has 5 heteroatoms. The molecule has 2 N–H and O–H groups in total. The largest absolute Gasteiger partial charge is 0.504 e. The Morgan fingerprint density at radius 1 is 0.786 bits per heavy atom. The van der Waals surface area contributed by atoms with E-state index in [0.29, 0.717) is 19.4 Å². The molecule has 28 heavy (non-hydrogen) atoms. The second-order valence-corrected chi connectivity index (χ2v) is 7.36. The summed E-state index contributed by atoms with van der Waals surface area (Å²) in [6.07, 6.45) is 10.2. The fourth-order valence-corrected chi connectivity index (χ4v) is 3.65. The summed E-state index contributed by atoms with van der Waals surface area (Å²) in [5.74, 6) is -1.23. The van der Waals surface area contributed by atoms with E-state index in [9.17, 15) is 15.0 Å². The predicted molar refractivity (Wildman–Crippen MR) is 112 cm³/mol. The predicted octanol–water partition coefficient (Wildman–Crippen LogP) is 6.23. The van der Waals surface area contributed by atoms with Crippen LogP contribution >= 0.6 is 0 Å². The number of unbranched alkanes of at least 4 members (excludes halogenated alkanes) is 4. The maximum absolute atomic E-state index is 11.9. The van der Waals surface area contributed by atoms with Gasteiger partial charge in [0.2, 0.25) is 5.75 Å². The van der Waals surface area contributed by atoms with Crippen molar-refractivity contribution in [1.29, 1.82) is 0 Å². The summed E-state index contributed by atoms with van der Waals surface area (Å²) in [6.45, 7) is 8.76. The molecule has 0 amide bonds. The summed E-state index contributed by atoms with van der Waals surface area (Å²) in [4.78, 5) is 22.8. The summed E-state index contributed by atoms with van der Waals surface area (Å²) >= 11 is 0. The molecule has 0 aliphatic heterocycles. The molecular weight excluding hydrogens is 356 g/mol. The average molecular weight is 395 g/mol. The fourth-order valence-electron chi connectivity index (χ4n) is 3.65. The van der Waals surface area contributed by atoms with E-state index in [1.54, 1.807) is 0 Å². The van der Waals surface area contributed by atoms with E-state index >= 15 is 0 Å². The molecule has 0 saturated heterocycles. The third-order valence-electron chi connectivity index (χ3n) is 4.94. The number of carboxylic acids is 1. The Labute approximate surface area is 170 Å². The van der Waals surface area contributed by atoms with Crippen molar-refractivity contribution in [3.63, 3.8) is 0 Å². The highest BCUT2D eigenvalue weighted by molar-refractivity contribution is 5.94. The molecule has 0 heterocycles. The average Bonchev–Trinajstić information content (AvgIpc) is 2.66. The van der Waals surface area contributed by atoms with E-state index in [0.717, 1.165) is 55.2 Å². The Kier molecular flexibility index (Phi) is 11.7. The SMILES string of the molecule is CCCCCCCOOc1c(O)c(C(=O)O)c(CCC)c(CCC)c1CCC. The van der Waals surface area contributed by atoms with E-state index < -0.39 is 5.97 Å². The fraction of sp³-hybridized carbons (Fsp3) is 0.696. The number of phenols is 1. The van der Waals surface area contributed by atoms with Gasteiger partial charge in [-0.15, -0.1) is 0 Å². The lowest BCUT2D eigenvalue weighted by Gasteiger charge is -2.21. The molecule has 0 saturated carbocycles. The molecular formula is C23H38O5. The number of aromatic carboxylic acids is 1. The van der Waals surface area contributed by atoms with Crippen molar-refractivity contribution in [2.75, 3.05) is 6.61 Å². The van der Waals surface area contributed by atoms with Crippen LogP contribution in [0.1, 0.15) is 106 Å². The minimum atomic E-state index is -1.12. The van der Waals surface area contributed by atoms with Crippen molar-refractivity contribution in [1.82, 2.24) is 0 Å². The Balaban J connectivity index is 3.19. The van der Waals surface area contributed by atoms with E-state index in [-0.39, 0.29) is 17.1 Å². The molecule has 0 aromatic heterocycles. The van der Waals surface area contributed by atoms with Gasteiger partial charge in [0, 0.05) is 5.56 Å². The maximum atomic E-state index is 11.9. The highest BCUT2D eigenvalue weighted by Gasteiger charge is 2.28. The first kappa shape index (κ1) is 24.3. The van der Waals surface area contributed by atoms with Crippen molar-refractivity contribution in [2.45, 2.75) is 98.3 Å². The zero-order valence-electron chi connectivity index (χ0n) is 18.1. The van der Waals surface area contributed by atoms with Crippen LogP contribution in [0.5, 0.6) is 11.5 Å². The first-order chi connectivity index (χ1) is 13.5. The summed E-state index contributed by atoms with van der Waals surface area (Å²) in [6, 6.07) is 0. The van der Waals surface area contributed by atoms with Gasteiger partial charge in [0.1, 0.15) is 5.56 Å². The molecule has 1 aromatic carbocycles. The van der Waals surface area contributed by atoms with E-state index in [2.05, 4.69) is 20.8 Å². The molecule has 0 aliphatic carbocycles. The van der Waals surface area contributed by atoms with Crippen molar-refractivity contribution in [3.05, 3.63) is 22.3 Å². The normalized spacial score (nSPS) is 11.0. The van der Waals surface area contributed by atoms with E-state index in [1.807, 2.05) is 6.92 Å². The van der Waals surface area contributed by atoms with Gasteiger partial charge in [-0.3, -0.25) is 0 Å². The Morgan fingerprint density at radius 3 is 1.93 bits per heavy atom. The number of hydrogen-bond donors (Lipinski definition) is 2. The minimum absolute atomic E-state index is 0.0355. The zero-order valence-corrected chi connectivity index (χ0v) is 18.1. The third-order valence-corrected chi connectivity index (χ3v) is 4.94. The summed E-state index contributed by atoms with van der Waals surface area (Å²) in [5.41, 5.74) is 2.60. The van der Waals surface area contributed by atoms with Crippen LogP contribution in [0.15, 0.2) is 0 Å². The lowest BCUT2D eigenvalue weighted by molar-refractivity contribution is -0.208. The summed E-state index contributed by atoms with van der Waals surface area (Å²) in [5, 5.41) is 20.5. The highest BCUT2D eigenvalue weighted by atomic mass is 17.2. The lowest BCUT2D eigenvalue weighted by atomic mass is 9.87. The summed E-state index contributed by atoms with van der Waals surface area (Å²) in [7, 11) is 0. The second-order valence-electron chi connectivity index (χ2n) is 7.36. The van der Waals surface area contributed by atoms with Crippen LogP contribution in [-0.2, 0) is 24.2 Å². The molecule has 0 radical (unpaired) electrons. The van der Waals surface area contributed by atoms with E-state index in [1.165, 1.54) is 19.3 Å². The van der Waals surface area contributed by atoms with Gasteiger partial charge in [-0.2, -0.15) is 4.89 Å². The van der Waals surface area contributed by atoms with Crippen molar-refractivity contribution < 1.29 is 24.8 Å². The van der Waals surface area contributed by atoms with Gasteiger partial charge in [-0.25, -0.2) is 4.79 Å². The quantitative estimate of drug-likeness (QED) is 0.209. The minimum Gasteiger partial charge on any atom is -0.504 e. The topological polar surface area (TPSA) is 76.0 Å². The Bertz CT molecular complexity index is 610. The van der Waals surface area contributed by atoms with Gasteiger partial charge in [0.25, 0.3) is 0 Å². The molecule has 0 fully saturated rings. The third kappa shape index (κ3) is 6.69. The zero-order chi connectivity index (χ0) is 20.9. The molecule has 5 nitrogen and oxygen atoms in total. The molecule has 0 atom stereocenters. The van der Waals surface area contributed by atoms with Crippen molar-refractivity contribution >= 4 is 5.97 Å². The number of hydrogen-bond acceptors (Lipinski definition) is 4. The van der Waals surface area contributed by atoms with Crippen LogP contribution in [-0.4, -0.2) is 22.8 Å². The Hall–Kier alpha value is -1.75. The highest BCUT2D eigenvalue weighted by Crippen LogP contribution is 2.41. The van der Waals surface area contributed by atoms with Crippen LogP contribution in [0.25, 0.3) is 0 Å². The van der Waals surface area contributed by atoms with Gasteiger partial charge < -0.3 is 15.1 Å². The number of rotatable bonds is 15. The maximum Gasteiger partial charge on any atom is 0.339 e. The van der Waals surface area contributed by atoms with Crippen LogP contribution in [0.2, 0.25) is 0 Å². The molecule has 1 aromatic rings. The Morgan fingerprint density at radius 2 is 1.36 bits per heavy atom. The lowest BCUT2D eigenvalue weighted by Crippen LogP contribution is -2.13. The van der Waals surface area contributed by atoms with Crippen molar-refractivity contribution in [3.8, 4) is 11.5 Å².